The molecule has 1 heterocycles. The van der Waals surface area contributed by atoms with Crippen molar-refractivity contribution >= 4 is 11.3 Å². The average molecular weight is 251 g/mol. The number of hydrogen-bond donors (Lipinski definition) is 1. The van der Waals surface area contributed by atoms with Crippen LogP contribution < -0.4 is 5.32 Å². The molecule has 0 bridgehead atoms. The molecule has 1 saturated carbocycles. The third kappa shape index (κ3) is 3.82. The summed E-state index contributed by atoms with van der Waals surface area (Å²) in [5.41, 5.74) is 0.822. The van der Waals surface area contributed by atoms with E-state index in [0.717, 1.165) is 0 Å². The number of aryl methyl sites for hydroxylation is 1. The van der Waals surface area contributed by atoms with Crippen molar-refractivity contribution < 1.29 is 0 Å². The molecule has 1 fully saturated rings. The van der Waals surface area contributed by atoms with Gasteiger partial charge in [0.15, 0.2) is 0 Å². The van der Waals surface area contributed by atoms with Crippen molar-refractivity contribution in [1.29, 1.82) is 0 Å². The maximum absolute atomic E-state index is 3.67. The zero-order valence-corrected chi connectivity index (χ0v) is 12.4. The highest BCUT2D eigenvalue weighted by Gasteiger charge is 2.42. The minimum Gasteiger partial charge on any atom is -0.312 e. The van der Waals surface area contributed by atoms with E-state index in [4.69, 9.17) is 0 Å². The lowest BCUT2D eigenvalue weighted by molar-refractivity contribution is 0.357. The quantitative estimate of drug-likeness (QED) is 0.833. The first-order chi connectivity index (χ1) is 7.92. The summed E-state index contributed by atoms with van der Waals surface area (Å²) in [6.45, 7) is 10.2. The van der Waals surface area contributed by atoms with Gasteiger partial charge in [-0.25, -0.2) is 0 Å². The first-order valence-corrected chi connectivity index (χ1v) is 7.57. The first-order valence-electron chi connectivity index (χ1n) is 6.75. The fraction of sp³-hybridized carbons (Fsp3) is 0.733. The molecule has 1 aromatic heterocycles. The van der Waals surface area contributed by atoms with Gasteiger partial charge < -0.3 is 5.32 Å². The first kappa shape index (κ1) is 13.1. The SMILES string of the molecule is CCc1ccc(CC2(CNC(C)(C)C)CC2)s1. The second kappa shape index (κ2) is 4.74. The van der Waals surface area contributed by atoms with E-state index in [0.29, 0.717) is 5.41 Å². The molecule has 2 rings (SSSR count). The maximum atomic E-state index is 3.67. The molecular weight excluding hydrogens is 226 g/mol. The predicted octanol–water partition coefficient (Wildman–Crippen LogP) is 4.02. The van der Waals surface area contributed by atoms with Gasteiger partial charge in [-0.2, -0.15) is 0 Å². The molecule has 17 heavy (non-hydrogen) atoms. The van der Waals surface area contributed by atoms with Gasteiger partial charge in [-0.15, -0.1) is 11.3 Å². The van der Waals surface area contributed by atoms with Crippen molar-refractivity contribution in [3.8, 4) is 0 Å². The molecule has 0 saturated heterocycles. The zero-order chi connectivity index (χ0) is 12.5. The summed E-state index contributed by atoms with van der Waals surface area (Å²) in [7, 11) is 0. The molecule has 0 unspecified atom stereocenters. The van der Waals surface area contributed by atoms with Crippen LogP contribution >= 0.6 is 11.3 Å². The van der Waals surface area contributed by atoms with Gasteiger partial charge in [-0.05, 0) is 64.0 Å². The van der Waals surface area contributed by atoms with Gasteiger partial charge in [0.1, 0.15) is 0 Å². The lowest BCUT2D eigenvalue weighted by Gasteiger charge is -2.25. The fourth-order valence-electron chi connectivity index (χ4n) is 2.12. The van der Waals surface area contributed by atoms with Crippen LogP contribution in [0.15, 0.2) is 12.1 Å². The number of hydrogen-bond acceptors (Lipinski definition) is 2. The van der Waals surface area contributed by atoms with E-state index in [-0.39, 0.29) is 5.54 Å². The number of nitrogens with one attached hydrogen (secondary N) is 1. The van der Waals surface area contributed by atoms with Gasteiger partial charge in [0.05, 0.1) is 0 Å². The van der Waals surface area contributed by atoms with Gasteiger partial charge in [0.25, 0.3) is 0 Å². The summed E-state index contributed by atoms with van der Waals surface area (Å²) in [5.74, 6) is 0. The normalized spacial score (nSPS) is 18.4. The Labute approximate surface area is 110 Å². The molecule has 0 spiro atoms. The highest BCUT2D eigenvalue weighted by atomic mass is 32.1. The minimum absolute atomic E-state index is 0.250. The molecule has 1 aliphatic rings. The van der Waals surface area contributed by atoms with Gasteiger partial charge in [0.2, 0.25) is 0 Å². The van der Waals surface area contributed by atoms with Crippen LogP contribution in [-0.2, 0) is 12.8 Å². The summed E-state index contributed by atoms with van der Waals surface area (Å²) < 4.78 is 0. The molecule has 1 N–H and O–H groups in total. The molecule has 1 nitrogen and oxygen atoms in total. The lowest BCUT2D eigenvalue weighted by atomic mass is 9.99. The second-order valence-corrected chi connectivity index (χ2v) is 7.75. The van der Waals surface area contributed by atoms with Gasteiger partial charge in [0, 0.05) is 21.8 Å². The lowest BCUT2D eigenvalue weighted by Crippen LogP contribution is -2.40. The maximum Gasteiger partial charge on any atom is 0.00967 e. The molecule has 0 amide bonds. The Morgan fingerprint density at radius 2 is 1.88 bits per heavy atom. The summed E-state index contributed by atoms with van der Waals surface area (Å²) >= 11 is 2.01. The monoisotopic (exact) mass is 251 g/mol. The average Bonchev–Trinajstić information content (AvgIpc) is 2.85. The Morgan fingerprint density at radius 1 is 1.24 bits per heavy atom. The van der Waals surface area contributed by atoms with Gasteiger partial charge >= 0.3 is 0 Å². The van der Waals surface area contributed by atoms with Gasteiger partial charge in [-0.1, -0.05) is 6.92 Å². The van der Waals surface area contributed by atoms with E-state index in [2.05, 4.69) is 45.1 Å². The van der Waals surface area contributed by atoms with Crippen LogP contribution in [0.25, 0.3) is 0 Å². The molecule has 1 aromatic rings. The number of rotatable bonds is 5. The molecule has 0 aromatic carbocycles. The van der Waals surface area contributed by atoms with Crippen LogP contribution in [0, 0.1) is 5.41 Å². The third-order valence-electron chi connectivity index (χ3n) is 3.57. The van der Waals surface area contributed by atoms with Crippen molar-refractivity contribution in [2.45, 2.75) is 58.9 Å². The van der Waals surface area contributed by atoms with Crippen LogP contribution in [0.5, 0.6) is 0 Å². The summed E-state index contributed by atoms with van der Waals surface area (Å²) in [6, 6.07) is 4.63. The Hall–Kier alpha value is -0.340. The van der Waals surface area contributed by atoms with Crippen molar-refractivity contribution in [2.24, 2.45) is 5.41 Å². The van der Waals surface area contributed by atoms with Crippen LogP contribution in [0.1, 0.15) is 50.3 Å². The Balaban J connectivity index is 1.89. The Kier molecular flexibility index (Phi) is 3.65. The van der Waals surface area contributed by atoms with E-state index >= 15 is 0 Å². The van der Waals surface area contributed by atoms with Gasteiger partial charge in [-0.3, -0.25) is 0 Å². The van der Waals surface area contributed by atoms with E-state index in [1.165, 1.54) is 37.1 Å². The summed E-state index contributed by atoms with van der Waals surface area (Å²) in [6.07, 6.45) is 5.25. The van der Waals surface area contributed by atoms with Crippen LogP contribution in [0.2, 0.25) is 0 Å². The molecular formula is C15H25NS. The van der Waals surface area contributed by atoms with Crippen molar-refractivity contribution in [1.82, 2.24) is 5.32 Å². The standard InChI is InChI=1S/C15H25NS/c1-5-12-6-7-13(17-12)10-15(8-9-15)11-16-14(2,3)4/h6-7,16H,5,8-11H2,1-4H3. The molecule has 0 aliphatic heterocycles. The number of thiophene rings is 1. The highest BCUT2D eigenvalue weighted by molar-refractivity contribution is 7.11. The van der Waals surface area contributed by atoms with Crippen molar-refractivity contribution in [2.75, 3.05) is 6.54 Å². The topological polar surface area (TPSA) is 12.0 Å². The minimum atomic E-state index is 0.250. The molecule has 1 aliphatic carbocycles. The van der Waals surface area contributed by atoms with E-state index in [1.54, 1.807) is 4.88 Å². The molecule has 0 radical (unpaired) electrons. The summed E-state index contributed by atoms with van der Waals surface area (Å²) in [5, 5.41) is 3.67. The van der Waals surface area contributed by atoms with E-state index in [1.807, 2.05) is 11.3 Å². The molecule has 2 heteroatoms. The molecule has 96 valence electrons. The van der Waals surface area contributed by atoms with E-state index < -0.39 is 0 Å². The highest BCUT2D eigenvalue weighted by Crippen LogP contribution is 2.48. The van der Waals surface area contributed by atoms with Crippen LogP contribution in [-0.4, -0.2) is 12.1 Å². The third-order valence-corrected chi connectivity index (χ3v) is 4.80. The largest absolute Gasteiger partial charge is 0.312 e. The summed E-state index contributed by atoms with van der Waals surface area (Å²) in [4.78, 5) is 3.11. The Bertz CT molecular complexity index is 369. The van der Waals surface area contributed by atoms with Crippen molar-refractivity contribution in [3.63, 3.8) is 0 Å². The van der Waals surface area contributed by atoms with Crippen LogP contribution in [0.3, 0.4) is 0 Å². The van der Waals surface area contributed by atoms with Crippen LogP contribution in [0.4, 0.5) is 0 Å². The second-order valence-electron chi connectivity index (χ2n) is 6.50. The molecule has 0 atom stereocenters. The fourth-order valence-corrected chi connectivity index (χ4v) is 3.25. The zero-order valence-electron chi connectivity index (χ0n) is 11.6. The smallest absolute Gasteiger partial charge is 0.00967 e. The van der Waals surface area contributed by atoms with E-state index in [9.17, 15) is 0 Å². The Morgan fingerprint density at radius 3 is 2.35 bits per heavy atom. The predicted molar refractivity (Wildman–Crippen MR) is 76.8 cm³/mol. The van der Waals surface area contributed by atoms with Crippen molar-refractivity contribution in [3.05, 3.63) is 21.9 Å².